The number of carbonyl (C=O) groups excluding carboxylic acids is 1. The van der Waals surface area contributed by atoms with Crippen molar-refractivity contribution in [2.75, 3.05) is 59.6 Å². The molecule has 1 aliphatic heterocycles. The van der Waals surface area contributed by atoms with Crippen LogP contribution >= 0.6 is 24.0 Å². The topological polar surface area (TPSA) is 66.4 Å². The van der Waals surface area contributed by atoms with Gasteiger partial charge >= 0.3 is 6.09 Å². The Bertz CT molecular complexity index is 372. The van der Waals surface area contributed by atoms with Gasteiger partial charge in [0.05, 0.1) is 6.61 Å². The molecule has 0 atom stereocenters. The molecule has 1 aliphatic rings. The van der Waals surface area contributed by atoms with Crippen molar-refractivity contribution in [3.63, 3.8) is 0 Å². The first-order chi connectivity index (χ1) is 11.1. The molecule has 1 amide bonds. The molecule has 0 aliphatic carbocycles. The highest BCUT2D eigenvalue weighted by Crippen LogP contribution is 2.04. The third kappa shape index (κ3) is 8.91. The van der Waals surface area contributed by atoms with Crippen LogP contribution in [0.25, 0.3) is 0 Å². The van der Waals surface area contributed by atoms with E-state index in [1.165, 1.54) is 0 Å². The molecule has 1 N–H and O–H groups in total. The van der Waals surface area contributed by atoms with Crippen LogP contribution in [0.2, 0.25) is 0 Å². The number of amides is 1. The molecule has 0 spiro atoms. The summed E-state index contributed by atoms with van der Waals surface area (Å²) in [5.74, 6) is 1.46. The van der Waals surface area contributed by atoms with E-state index in [9.17, 15) is 4.79 Å². The highest BCUT2D eigenvalue weighted by atomic mass is 127. The average Bonchev–Trinajstić information content (AvgIpc) is 2.54. The van der Waals surface area contributed by atoms with Crippen molar-refractivity contribution in [2.24, 2.45) is 10.9 Å². The van der Waals surface area contributed by atoms with E-state index in [2.05, 4.69) is 29.1 Å². The minimum absolute atomic E-state index is 0. The van der Waals surface area contributed by atoms with E-state index in [0.29, 0.717) is 25.6 Å². The van der Waals surface area contributed by atoms with Gasteiger partial charge in [0, 0.05) is 53.0 Å². The molecule has 1 saturated heterocycles. The van der Waals surface area contributed by atoms with Crippen molar-refractivity contribution < 1.29 is 14.3 Å². The van der Waals surface area contributed by atoms with Crippen molar-refractivity contribution in [3.05, 3.63) is 0 Å². The second kappa shape index (κ2) is 13.5. The van der Waals surface area contributed by atoms with Crippen LogP contribution < -0.4 is 5.32 Å². The molecule has 0 radical (unpaired) electrons. The van der Waals surface area contributed by atoms with Crippen molar-refractivity contribution in [3.8, 4) is 0 Å². The number of ether oxygens (including phenoxy) is 2. The van der Waals surface area contributed by atoms with Crippen molar-refractivity contribution in [1.82, 2.24) is 15.1 Å². The highest BCUT2D eigenvalue weighted by molar-refractivity contribution is 14.0. The Morgan fingerprint density at radius 2 is 1.83 bits per heavy atom. The zero-order valence-corrected chi connectivity index (χ0v) is 17.7. The van der Waals surface area contributed by atoms with E-state index in [4.69, 9.17) is 9.47 Å². The number of nitrogens with zero attached hydrogens (tertiary/aromatic N) is 3. The molecule has 0 saturated carbocycles. The molecule has 1 fully saturated rings. The van der Waals surface area contributed by atoms with E-state index in [1.54, 1.807) is 11.9 Å². The first-order valence-corrected chi connectivity index (χ1v) is 8.53. The second-order valence-corrected chi connectivity index (χ2v) is 5.97. The molecule has 1 heterocycles. The third-order valence-electron chi connectivity index (χ3n) is 3.52. The Kier molecular flexibility index (Phi) is 13.1. The fourth-order valence-corrected chi connectivity index (χ4v) is 2.34. The summed E-state index contributed by atoms with van der Waals surface area (Å²) >= 11 is 0. The van der Waals surface area contributed by atoms with Gasteiger partial charge in [0.1, 0.15) is 0 Å². The fraction of sp³-hybridized carbons (Fsp3) is 0.875. The predicted octanol–water partition coefficient (Wildman–Crippen LogP) is 2.02. The van der Waals surface area contributed by atoms with Crippen LogP contribution in [0.4, 0.5) is 4.79 Å². The maximum absolute atomic E-state index is 11.7. The lowest BCUT2D eigenvalue weighted by Crippen LogP contribution is -2.54. The van der Waals surface area contributed by atoms with Crippen molar-refractivity contribution >= 4 is 36.0 Å². The zero-order valence-electron chi connectivity index (χ0n) is 15.4. The summed E-state index contributed by atoms with van der Waals surface area (Å²) in [6.45, 7) is 11.8. The lowest BCUT2D eigenvalue weighted by Gasteiger charge is -2.35. The van der Waals surface area contributed by atoms with Gasteiger partial charge in [-0.15, -0.1) is 24.0 Å². The number of nitrogens with one attached hydrogen (secondary N) is 1. The lowest BCUT2D eigenvalue weighted by atomic mass is 10.2. The maximum atomic E-state index is 11.7. The Labute approximate surface area is 163 Å². The fourth-order valence-electron chi connectivity index (χ4n) is 2.34. The van der Waals surface area contributed by atoms with Gasteiger partial charge in [-0.3, -0.25) is 4.99 Å². The van der Waals surface area contributed by atoms with Crippen molar-refractivity contribution in [2.45, 2.75) is 27.2 Å². The largest absolute Gasteiger partial charge is 0.450 e. The van der Waals surface area contributed by atoms with E-state index in [1.807, 2.05) is 6.92 Å². The molecule has 0 aromatic rings. The summed E-state index contributed by atoms with van der Waals surface area (Å²) in [6.07, 6.45) is 0.728. The number of carbonyl (C=O) groups is 1. The van der Waals surface area contributed by atoms with Gasteiger partial charge in [-0.2, -0.15) is 0 Å². The normalized spacial score (nSPS) is 15.3. The van der Waals surface area contributed by atoms with Gasteiger partial charge in [-0.1, -0.05) is 13.8 Å². The molecule has 0 unspecified atom stereocenters. The molecule has 0 aromatic heterocycles. The minimum Gasteiger partial charge on any atom is -0.450 e. The first kappa shape index (κ1) is 23.2. The molecule has 0 aromatic carbocycles. The van der Waals surface area contributed by atoms with E-state index < -0.39 is 0 Å². The number of halogens is 1. The smallest absolute Gasteiger partial charge is 0.409 e. The van der Waals surface area contributed by atoms with Gasteiger partial charge in [0.25, 0.3) is 0 Å². The Balaban J connectivity index is 0.00000529. The minimum atomic E-state index is -0.225. The molecule has 1 rings (SSSR count). The number of hydrogen-bond donors (Lipinski definition) is 1. The average molecular weight is 456 g/mol. The number of rotatable bonds is 7. The van der Waals surface area contributed by atoms with E-state index >= 15 is 0 Å². The second-order valence-electron chi connectivity index (χ2n) is 5.97. The van der Waals surface area contributed by atoms with Crippen LogP contribution in [0.15, 0.2) is 4.99 Å². The number of hydrogen-bond acceptors (Lipinski definition) is 4. The molecule has 24 heavy (non-hydrogen) atoms. The van der Waals surface area contributed by atoms with Gasteiger partial charge in [-0.05, 0) is 19.3 Å². The maximum Gasteiger partial charge on any atom is 0.409 e. The van der Waals surface area contributed by atoms with Crippen LogP contribution in [0.5, 0.6) is 0 Å². The molecular formula is C16H33IN4O3. The third-order valence-corrected chi connectivity index (χ3v) is 3.52. The summed E-state index contributed by atoms with van der Waals surface area (Å²) in [6, 6.07) is 0. The van der Waals surface area contributed by atoms with Gasteiger partial charge in [-0.25, -0.2) is 4.79 Å². The summed E-state index contributed by atoms with van der Waals surface area (Å²) < 4.78 is 10.6. The number of piperazine rings is 1. The Hall–Kier alpha value is -0.770. The summed E-state index contributed by atoms with van der Waals surface area (Å²) in [5, 5.41) is 3.36. The lowest BCUT2D eigenvalue weighted by molar-refractivity contribution is 0.0912. The first-order valence-electron chi connectivity index (χ1n) is 8.53. The van der Waals surface area contributed by atoms with Gasteiger partial charge < -0.3 is 24.6 Å². The zero-order chi connectivity index (χ0) is 17.1. The van der Waals surface area contributed by atoms with E-state index in [-0.39, 0.29) is 30.1 Å². The van der Waals surface area contributed by atoms with Gasteiger partial charge in [0.15, 0.2) is 5.96 Å². The molecule has 7 nitrogen and oxygen atoms in total. The summed E-state index contributed by atoms with van der Waals surface area (Å²) in [5.41, 5.74) is 0. The number of aliphatic imine (C=N–C) groups is 1. The van der Waals surface area contributed by atoms with Crippen molar-refractivity contribution in [1.29, 1.82) is 0 Å². The van der Waals surface area contributed by atoms with Gasteiger partial charge in [0.2, 0.25) is 0 Å². The summed E-state index contributed by atoms with van der Waals surface area (Å²) in [7, 11) is 1.79. The Morgan fingerprint density at radius 1 is 1.21 bits per heavy atom. The number of guanidine groups is 1. The standard InChI is InChI=1S/C16H32N4O3.HI/c1-5-23-16(21)20-10-8-19(9-11-20)15(17-4)18-7-6-12-22-13-14(2)3;/h14H,5-13H2,1-4H3,(H,17,18);1H. The molecule has 0 bridgehead atoms. The molecule has 8 heteroatoms. The van der Waals surface area contributed by atoms with Crippen LogP contribution in [0.1, 0.15) is 27.2 Å². The predicted molar refractivity (Wildman–Crippen MR) is 107 cm³/mol. The molecular weight excluding hydrogens is 423 g/mol. The Morgan fingerprint density at radius 3 is 2.38 bits per heavy atom. The van der Waals surface area contributed by atoms with E-state index in [0.717, 1.165) is 45.2 Å². The van der Waals surface area contributed by atoms with Crippen LogP contribution in [-0.2, 0) is 9.47 Å². The van der Waals surface area contributed by atoms with Crippen LogP contribution in [-0.4, -0.2) is 81.4 Å². The van der Waals surface area contributed by atoms with Crippen LogP contribution in [0.3, 0.4) is 0 Å². The highest BCUT2D eigenvalue weighted by Gasteiger charge is 2.23. The monoisotopic (exact) mass is 456 g/mol. The summed E-state index contributed by atoms with van der Waals surface area (Å²) in [4.78, 5) is 19.9. The SMILES string of the molecule is CCOC(=O)N1CCN(C(=NC)NCCCOCC(C)C)CC1.I. The van der Waals surface area contributed by atoms with Crippen LogP contribution in [0, 0.1) is 5.92 Å². The molecule has 142 valence electrons. The quantitative estimate of drug-likeness (QED) is 0.275.